The lowest BCUT2D eigenvalue weighted by Gasteiger charge is -2.11. The number of urea groups is 1. The second-order valence-electron chi connectivity index (χ2n) is 7.11. The highest BCUT2D eigenvalue weighted by atomic mass is 16.5. The number of methoxy groups -OCH3 is 1. The number of ether oxygens (including phenoxy) is 1. The first-order chi connectivity index (χ1) is 16.2. The predicted octanol–water partition coefficient (Wildman–Crippen LogP) is 4.51. The lowest BCUT2D eigenvalue weighted by Crippen LogP contribution is -2.19. The number of carbonyl (C=O) groups is 1. The summed E-state index contributed by atoms with van der Waals surface area (Å²) in [6.45, 7) is 0. The average Bonchev–Trinajstić information content (AvgIpc) is 3.28. The molecule has 0 atom stereocenters. The molecule has 0 aliphatic heterocycles. The zero-order chi connectivity index (χ0) is 22.6. The maximum atomic E-state index is 12.5. The molecule has 0 saturated carbocycles. The number of hydrogen-bond acceptors (Lipinski definition) is 6. The van der Waals surface area contributed by atoms with Gasteiger partial charge in [0.1, 0.15) is 5.75 Å². The number of para-hydroxylation sites is 2. The first-order valence-electron chi connectivity index (χ1n) is 10.2. The third-order valence-corrected chi connectivity index (χ3v) is 4.95. The van der Waals surface area contributed by atoms with E-state index in [1.807, 2.05) is 60.7 Å². The number of aromatic nitrogens is 5. The summed E-state index contributed by atoms with van der Waals surface area (Å²) >= 11 is 0. The Bertz CT molecular complexity index is 1430. The fourth-order valence-electron chi connectivity index (χ4n) is 3.41. The number of carbonyl (C=O) groups excluding carboxylic acids is 1. The minimum atomic E-state index is -0.377. The van der Waals surface area contributed by atoms with Gasteiger partial charge in [-0.25, -0.2) is 4.79 Å². The molecular weight excluding hydrogens is 418 g/mol. The molecule has 5 rings (SSSR count). The summed E-state index contributed by atoms with van der Waals surface area (Å²) < 4.78 is 6.96. The number of fused-ring (bicyclic) bond motifs is 1. The van der Waals surface area contributed by atoms with Gasteiger partial charge in [-0.1, -0.05) is 24.3 Å². The van der Waals surface area contributed by atoms with Gasteiger partial charge in [-0.3, -0.25) is 4.98 Å². The van der Waals surface area contributed by atoms with Crippen molar-refractivity contribution in [1.29, 1.82) is 0 Å². The summed E-state index contributed by atoms with van der Waals surface area (Å²) in [6.07, 6.45) is 3.42. The molecule has 3 heterocycles. The van der Waals surface area contributed by atoms with Crippen molar-refractivity contribution in [3.05, 3.63) is 85.2 Å². The molecule has 2 amide bonds. The standard InChI is InChI=1S/C24H19N7O2/c1-33-21-10-3-2-9-20(21)27-24(32)26-18-8-4-6-16(14-18)19-11-12-22-28-29-23(31(22)30-19)17-7-5-13-25-15-17/h2-15H,1H3,(H2,26,27,32). The van der Waals surface area contributed by atoms with Gasteiger partial charge < -0.3 is 15.4 Å². The smallest absolute Gasteiger partial charge is 0.323 e. The van der Waals surface area contributed by atoms with Gasteiger partial charge in [0.15, 0.2) is 11.5 Å². The van der Waals surface area contributed by atoms with Gasteiger partial charge in [-0.15, -0.1) is 10.2 Å². The van der Waals surface area contributed by atoms with E-state index < -0.39 is 0 Å². The lowest BCUT2D eigenvalue weighted by molar-refractivity contribution is 0.262. The van der Waals surface area contributed by atoms with E-state index in [1.54, 1.807) is 36.2 Å². The maximum Gasteiger partial charge on any atom is 0.323 e. The van der Waals surface area contributed by atoms with Crippen molar-refractivity contribution in [2.45, 2.75) is 0 Å². The zero-order valence-electron chi connectivity index (χ0n) is 17.6. The Morgan fingerprint density at radius 3 is 2.64 bits per heavy atom. The molecule has 0 unspecified atom stereocenters. The average molecular weight is 437 g/mol. The minimum Gasteiger partial charge on any atom is -0.495 e. The topological polar surface area (TPSA) is 106 Å². The number of nitrogens with zero attached hydrogens (tertiary/aromatic N) is 5. The summed E-state index contributed by atoms with van der Waals surface area (Å²) in [7, 11) is 1.56. The highest BCUT2D eigenvalue weighted by Gasteiger charge is 2.12. The highest BCUT2D eigenvalue weighted by molar-refractivity contribution is 6.01. The van der Waals surface area contributed by atoms with E-state index in [2.05, 4.69) is 25.8 Å². The van der Waals surface area contributed by atoms with Crippen LogP contribution in [0.3, 0.4) is 0 Å². The largest absolute Gasteiger partial charge is 0.495 e. The summed E-state index contributed by atoms with van der Waals surface area (Å²) in [4.78, 5) is 16.7. The van der Waals surface area contributed by atoms with Crippen LogP contribution >= 0.6 is 0 Å². The molecule has 9 nitrogen and oxygen atoms in total. The SMILES string of the molecule is COc1ccccc1NC(=O)Nc1cccc(-c2ccc3nnc(-c4cccnc4)n3n2)c1. The van der Waals surface area contributed by atoms with Crippen molar-refractivity contribution in [2.75, 3.05) is 17.7 Å². The van der Waals surface area contributed by atoms with Crippen LogP contribution in [-0.4, -0.2) is 37.9 Å². The molecule has 33 heavy (non-hydrogen) atoms. The van der Waals surface area contributed by atoms with E-state index in [0.717, 1.165) is 11.1 Å². The van der Waals surface area contributed by atoms with Crippen molar-refractivity contribution in [3.8, 4) is 28.4 Å². The van der Waals surface area contributed by atoms with Crippen molar-refractivity contribution in [2.24, 2.45) is 0 Å². The molecule has 5 aromatic rings. The van der Waals surface area contributed by atoms with Crippen LogP contribution < -0.4 is 15.4 Å². The molecule has 0 aliphatic rings. The number of rotatable bonds is 5. The summed E-state index contributed by atoms with van der Waals surface area (Å²) in [5.74, 6) is 1.18. The Balaban J connectivity index is 1.40. The maximum absolute atomic E-state index is 12.5. The van der Waals surface area contributed by atoms with Gasteiger partial charge in [-0.2, -0.15) is 9.61 Å². The zero-order valence-corrected chi connectivity index (χ0v) is 17.6. The van der Waals surface area contributed by atoms with E-state index >= 15 is 0 Å². The number of anilines is 2. The molecule has 162 valence electrons. The van der Waals surface area contributed by atoms with Gasteiger partial charge in [0.2, 0.25) is 0 Å². The van der Waals surface area contributed by atoms with E-state index in [1.165, 1.54) is 0 Å². The van der Waals surface area contributed by atoms with Crippen LogP contribution in [-0.2, 0) is 0 Å². The molecule has 2 N–H and O–H groups in total. The number of amides is 2. The van der Waals surface area contributed by atoms with Gasteiger partial charge in [0, 0.05) is 29.2 Å². The third kappa shape index (κ3) is 4.19. The summed E-state index contributed by atoms with van der Waals surface area (Å²) in [5, 5.41) is 18.8. The highest BCUT2D eigenvalue weighted by Crippen LogP contribution is 2.25. The van der Waals surface area contributed by atoms with Gasteiger partial charge in [0.25, 0.3) is 0 Å². The normalized spacial score (nSPS) is 10.7. The number of nitrogens with one attached hydrogen (secondary N) is 2. The lowest BCUT2D eigenvalue weighted by atomic mass is 10.1. The van der Waals surface area contributed by atoms with E-state index in [4.69, 9.17) is 9.84 Å². The number of hydrogen-bond donors (Lipinski definition) is 2. The van der Waals surface area contributed by atoms with Crippen molar-refractivity contribution in [3.63, 3.8) is 0 Å². The molecule has 3 aromatic heterocycles. The van der Waals surface area contributed by atoms with E-state index in [0.29, 0.717) is 34.3 Å². The Kier molecular flexibility index (Phi) is 5.34. The molecule has 0 aliphatic carbocycles. The molecule has 9 heteroatoms. The Labute approximate surface area is 189 Å². The number of pyridine rings is 1. The Hall–Kier alpha value is -4.79. The van der Waals surface area contributed by atoms with Crippen LogP contribution in [0.15, 0.2) is 85.2 Å². The van der Waals surface area contributed by atoms with Crippen LogP contribution in [0.5, 0.6) is 5.75 Å². The summed E-state index contributed by atoms with van der Waals surface area (Å²) in [5.41, 5.74) is 4.19. The second kappa shape index (κ2) is 8.75. The van der Waals surface area contributed by atoms with Crippen LogP contribution in [0.25, 0.3) is 28.3 Å². The fraction of sp³-hybridized carbons (Fsp3) is 0.0417. The van der Waals surface area contributed by atoms with E-state index in [9.17, 15) is 4.79 Å². The molecule has 0 spiro atoms. The quantitative estimate of drug-likeness (QED) is 0.419. The van der Waals surface area contributed by atoms with Crippen LogP contribution in [0, 0.1) is 0 Å². The van der Waals surface area contributed by atoms with Crippen LogP contribution in [0.4, 0.5) is 16.2 Å². The summed E-state index contributed by atoms with van der Waals surface area (Å²) in [6, 6.07) is 21.7. The Morgan fingerprint density at radius 1 is 0.909 bits per heavy atom. The fourth-order valence-corrected chi connectivity index (χ4v) is 3.41. The molecule has 2 aromatic carbocycles. The van der Waals surface area contributed by atoms with Gasteiger partial charge in [0.05, 0.1) is 18.5 Å². The van der Waals surface area contributed by atoms with Crippen molar-refractivity contribution < 1.29 is 9.53 Å². The second-order valence-corrected chi connectivity index (χ2v) is 7.11. The van der Waals surface area contributed by atoms with E-state index in [-0.39, 0.29) is 6.03 Å². The van der Waals surface area contributed by atoms with Crippen molar-refractivity contribution in [1.82, 2.24) is 24.8 Å². The first-order valence-corrected chi connectivity index (χ1v) is 10.2. The van der Waals surface area contributed by atoms with Gasteiger partial charge in [-0.05, 0) is 48.5 Å². The number of benzene rings is 2. The minimum absolute atomic E-state index is 0.377. The first kappa shape index (κ1) is 20.1. The van der Waals surface area contributed by atoms with Gasteiger partial charge >= 0.3 is 6.03 Å². The molecule has 0 bridgehead atoms. The molecule has 0 radical (unpaired) electrons. The third-order valence-electron chi connectivity index (χ3n) is 4.95. The predicted molar refractivity (Wildman–Crippen MR) is 125 cm³/mol. The molecule has 0 saturated heterocycles. The monoisotopic (exact) mass is 437 g/mol. The molecular formula is C24H19N7O2. The van der Waals surface area contributed by atoms with Crippen LogP contribution in [0.2, 0.25) is 0 Å². The Morgan fingerprint density at radius 2 is 1.79 bits per heavy atom. The van der Waals surface area contributed by atoms with Crippen molar-refractivity contribution >= 4 is 23.1 Å². The van der Waals surface area contributed by atoms with Crippen LogP contribution in [0.1, 0.15) is 0 Å². The molecule has 0 fully saturated rings.